The summed E-state index contributed by atoms with van der Waals surface area (Å²) in [5, 5.41) is 14.6. The minimum Gasteiger partial charge on any atom is -0.508 e. The Kier molecular flexibility index (Phi) is 5.18. The van der Waals surface area contributed by atoms with E-state index in [0.717, 1.165) is 31.6 Å². The quantitative estimate of drug-likeness (QED) is 0.751. The molecule has 0 unspecified atom stereocenters. The number of rotatable bonds is 3. The van der Waals surface area contributed by atoms with E-state index in [2.05, 4.69) is 15.5 Å². The van der Waals surface area contributed by atoms with E-state index in [4.69, 9.17) is 0 Å². The molecule has 2 aromatic rings. The number of amides is 2. The molecule has 0 aliphatic carbocycles. The smallest absolute Gasteiger partial charge is 0.314 e. The summed E-state index contributed by atoms with van der Waals surface area (Å²) in [6.45, 7) is 1.89. The van der Waals surface area contributed by atoms with Gasteiger partial charge in [-0.1, -0.05) is 18.2 Å². The Morgan fingerprint density at radius 2 is 1.60 bits per heavy atom. The lowest BCUT2D eigenvalue weighted by Crippen LogP contribution is -2.32. The fourth-order valence-corrected chi connectivity index (χ4v) is 2.94. The zero-order chi connectivity index (χ0) is 17.6. The van der Waals surface area contributed by atoms with Crippen molar-refractivity contribution < 1.29 is 14.7 Å². The van der Waals surface area contributed by atoms with E-state index in [9.17, 15) is 14.7 Å². The van der Waals surface area contributed by atoms with Gasteiger partial charge in [0.2, 0.25) is 0 Å². The van der Waals surface area contributed by atoms with Crippen LogP contribution in [0.15, 0.2) is 48.5 Å². The molecule has 0 bridgehead atoms. The van der Waals surface area contributed by atoms with E-state index < -0.39 is 11.8 Å². The average Bonchev–Trinajstić information content (AvgIpc) is 2.63. The van der Waals surface area contributed by atoms with Gasteiger partial charge < -0.3 is 20.6 Å². The Morgan fingerprint density at radius 1 is 0.880 bits per heavy atom. The highest BCUT2D eigenvalue weighted by molar-refractivity contribution is 6.43. The first kappa shape index (κ1) is 16.8. The average molecular weight is 339 g/mol. The number of benzene rings is 2. The fourth-order valence-electron chi connectivity index (χ4n) is 2.94. The Hall–Kier alpha value is -3.02. The van der Waals surface area contributed by atoms with Crippen LogP contribution >= 0.6 is 0 Å². The van der Waals surface area contributed by atoms with Crippen LogP contribution in [-0.4, -0.2) is 30.0 Å². The Bertz CT molecular complexity index is 770. The molecule has 130 valence electrons. The van der Waals surface area contributed by atoms with Gasteiger partial charge in [-0.2, -0.15) is 0 Å². The van der Waals surface area contributed by atoms with Crippen molar-refractivity contribution in [2.24, 2.45) is 0 Å². The summed E-state index contributed by atoms with van der Waals surface area (Å²) in [6.07, 6.45) is 3.47. The third-order valence-corrected chi connectivity index (χ3v) is 4.16. The van der Waals surface area contributed by atoms with Crippen molar-refractivity contribution >= 4 is 28.9 Å². The van der Waals surface area contributed by atoms with Crippen molar-refractivity contribution in [3.8, 4) is 5.75 Å². The maximum absolute atomic E-state index is 12.2. The molecule has 2 amide bonds. The number of hydrogen-bond acceptors (Lipinski definition) is 4. The first-order chi connectivity index (χ1) is 12.1. The third kappa shape index (κ3) is 4.29. The monoisotopic (exact) mass is 339 g/mol. The molecule has 1 aliphatic rings. The van der Waals surface area contributed by atoms with E-state index in [1.807, 2.05) is 18.2 Å². The molecule has 0 radical (unpaired) electrons. The summed E-state index contributed by atoms with van der Waals surface area (Å²) in [6, 6.07) is 13.6. The van der Waals surface area contributed by atoms with Crippen molar-refractivity contribution in [3.63, 3.8) is 0 Å². The second kappa shape index (κ2) is 7.70. The van der Waals surface area contributed by atoms with Crippen LogP contribution in [0.3, 0.4) is 0 Å². The molecule has 0 aromatic heterocycles. The molecule has 0 atom stereocenters. The number of para-hydroxylation sites is 2. The van der Waals surface area contributed by atoms with E-state index in [1.165, 1.54) is 18.6 Å². The van der Waals surface area contributed by atoms with Crippen molar-refractivity contribution in [1.82, 2.24) is 0 Å². The maximum Gasteiger partial charge on any atom is 0.314 e. The first-order valence-electron chi connectivity index (χ1n) is 8.39. The van der Waals surface area contributed by atoms with Gasteiger partial charge in [0.25, 0.3) is 0 Å². The molecule has 0 saturated carbocycles. The van der Waals surface area contributed by atoms with Crippen molar-refractivity contribution in [2.75, 3.05) is 28.6 Å². The lowest BCUT2D eigenvalue weighted by molar-refractivity contribution is -0.132. The van der Waals surface area contributed by atoms with Crippen molar-refractivity contribution in [2.45, 2.75) is 19.3 Å². The van der Waals surface area contributed by atoms with E-state index in [0.29, 0.717) is 11.4 Å². The van der Waals surface area contributed by atoms with E-state index in [1.54, 1.807) is 18.2 Å². The number of phenolic OH excluding ortho intramolecular Hbond substituents is 1. The molecule has 1 saturated heterocycles. The number of hydrogen-bond donors (Lipinski definition) is 3. The highest BCUT2D eigenvalue weighted by Gasteiger charge is 2.19. The SMILES string of the molecule is O=C(Nc1cccc(O)c1)C(=O)Nc1ccccc1N1CCCCC1. The van der Waals surface area contributed by atoms with Gasteiger partial charge >= 0.3 is 11.8 Å². The minimum absolute atomic E-state index is 0.0219. The molecule has 3 N–H and O–H groups in total. The molecule has 6 heteroatoms. The van der Waals surface area contributed by atoms with Crippen molar-refractivity contribution in [1.29, 1.82) is 0 Å². The van der Waals surface area contributed by atoms with Gasteiger partial charge in [-0.3, -0.25) is 9.59 Å². The molecular weight excluding hydrogens is 318 g/mol. The van der Waals surface area contributed by atoms with Crippen LogP contribution in [0.1, 0.15) is 19.3 Å². The topological polar surface area (TPSA) is 81.7 Å². The Morgan fingerprint density at radius 3 is 2.36 bits per heavy atom. The summed E-state index contributed by atoms with van der Waals surface area (Å²) in [5.41, 5.74) is 1.92. The standard InChI is InChI=1S/C19H21N3O3/c23-15-8-6-7-14(13-15)20-18(24)19(25)21-16-9-2-3-10-17(16)22-11-4-1-5-12-22/h2-3,6-10,13,23H,1,4-5,11-12H2,(H,20,24)(H,21,25). The summed E-state index contributed by atoms with van der Waals surface area (Å²) in [4.78, 5) is 26.6. The number of aromatic hydroxyl groups is 1. The summed E-state index contributed by atoms with van der Waals surface area (Å²) in [5.74, 6) is -1.50. The normalized spacial score (nSPS) is 14.0. The minimum atomic E-state index is -0.779. The van der Waals surface area contributed by atoms with Crippen LogP contribution in [0.5, 0.6) is 5.75 Å². The zero-order valence-corrected chi connectivity index (χ0v) is 13.9. The van der Waals surface area contributed by atoms with Crippen LogP contribution in [0.2, 0.25) is 0 Å². The highest BCUT2D eigenvalue weighted by atomic mass is 16.3. The largest absolute Gasteiger partial charge is 0.508 e. The molecule has 6 nitrogen and oxygen atoms in total. The van der Waals surface area contributed by atoms with Gasteiger partial charge in [0.05, 0.1) is 11.4 Å². The van der Waals surface area contributed by atoms with Gasteiger partial charge in [-0.25, -0.2) is 0 Å². The van der Waals surface area contributed by atoms with Crippen molar-refractivity contribution in [3.05, 3.63) is 48.5 Å². The maximum atomic E-state index is 12.2. The molecular formula is C19H21N3O3. The lowest BCUT2D eigenvalue weighted by Gasteiger charge is -2.30. The lowest BCUT2D eigenvalue weighted by atomic mass is 10.1. The molecule has 25 heavy (non-hydrogen) atoms. The van der Waals surface area contributed by atoms with Crippen LogP contribution in [0, 0.1) is 0 Å². The second-order valence-corrected chi connectivity index (χ2v) is 6.02. The number of piperidine rings is 1. The molecule has 0 spiro atoms. The van der Waals surface area contributed by atoms with Crippen LogP contribution in [0.25, 0.3) is 0 Å². The predicted octanol–water partition coefficient (Wildman–Crippen LogP) is 2.96. The number of phenols is 1. The fraction of sp³-hybridized carbons (Fsp3) is 0.263. The Balaban J connectivity index is 1.69. The van der Waals surface area contributed by atoms with Gasteiger partial charge in [-0.05, 0) is 43.5 Å². The first-order valence-corrected chi connectivity index (χ1v) is 8.39. The van der Waals surface area contributed by atoms with Gasteiger partial charge in [-0.15, -0.1) is 0 Å². The summed E-state index contributed by atoms with van der Waals surface area (Å²) >= 11 is 0. The second-order valence-electron chi connectivity index (χ2n) is 6.02. The van der Waals surface area contributed by atoms with Crippen LogP contribution in [0.4, 0.5) is 17.1 Å². The zero-order valence-electron chi connectivity index (χ0n) is 13.9. The number of anilines is 3. The summed E-state index contributed by atoms with van der Waals surface area (Å²) < 4.78 is 0. The van der Waals surface area contributed by atoms with Crippen LogP contribution < -0.4 is 15.5 Å². The molecule has 3 rings (SSSR count). The molecule has 1 heterocycles. The molecule has 1 fully saturated rings. The number of nitrogens with one attached hydrogen (secondary N) is 2. The third-order valence-electron chi connectivity index (χ3n) is 4.16. The number of carbonyl (C=O) groups is 2. The molecule has 1 aliphatic heterocycles. The van der Waals surface area contributed by atoms with Gasteiger partial charge in [0.15, 0.2) is 0 Å². The predicted molar refractivity (Wildman–Crippen MR) is 97.9 cm³/mol. The van der Waals surface area contributed by atoms with E-state index >= 15 is 0 Å². The van der Waals surface area contributed by atoms with Gasteiger partial charge in [0.1, 0.15) is 5.75 Å². The Labute approximate surface area is 146 Å². The summed E-state index contributed by atoms with van der Waals surface area (Å²) in [7, 11) is 0. The van der Waals surface area contributed by atoms with E-state index in [-0.39, 0.29) is 5.75 Å². The van der Waals surface area contributed by atoms with Crippen LogP contribution in [-0.2, 0) is 9.59 Å². The number of carbonyl (C=O) groups excluding carboxylic acids is 2. The number of nitrogens with zero attached hydrogens (tertiary/aromatic N) is 1. The highest BCUT2D eigenvalue weighted by Crippen LogP contribution is 2.28. The molecule has 2 aromatic carbocycles. The van der Waals surface area contributed by atoms with Gasteiger partial charge in [0, 0.05) is 24.8 Å².